The molecule has 1 atom stereocenters. The molecular weight excluding hydrogens is 314 g/mol. The van der Waals surface area contributed by atoms with Gasteiger partial charge < -0.3 is 10.4 Å². The van der Waals surface area contributed by atoms with Gasteiger partial charge in [0, 0.05) is 19.1 Å². The Hall–Kier alpha value is -1.90. The average Bonchev–Trinajstić information content (AvgIpc) is 3.30. The molecule has 1 aromatic carbocycles. The Morgan fingerprint density at radius 3 is 2.68 bits per heavy atom. The first-order chi connectivity index (χ1) is 12.2. The number of hydrogen-bond donors (Lipinski definition) is 2. The first-order valence-electron chi connectivity index (χ1n) is 9.30. The summed E-state index contributed by atoms with van der Waals surface area (Å²) < 4.78 is 0. The Balaban J connectivity index is 1.65. The van der Waals surface area contributed by atoms with E-state index in [1.165, 1.54) is 5.56 Å². The second kappa shape index (κ2) is 7.99. The van der Waals surface area contributed by atoms with Crippen molar-refractivity contribution in [1.29, 1.82) is 5.26 Å². The number of benzene rings is 1. The third-order valence-corrected chi connectivity index (χ3v) is 5.75. The van der Waals surface area contributed by atoms with Crippen LogP contribution in [0, 0.1) is 16.7 Å². The number of carbonyl (C=O) groups excluding carboxylic acids is 1. The molecule has 5 nitrogen and oxygen atoms in total. The number of nitrogens with one attached hydrogen (secondary N) is 1. The summed E-state index contributed by atoms with van der Waals surface area (Å²) in [7, 11) is 0. The Kier molecular flexibility index (Phi) is 5.72. The van der Waals surface area contributed by atoms with Crippen molar-refractivity contribution in [2.75, 3.05) is 13.2 Å². The van der Waals surface area contributed by atoms with E-state index in [1.54, 1.807) is 0 Å². The van der Waals surface area contributed by atoms with Gasteiger partial charge in [-0.25, -0.2) is 0 Å². The smallest absolute Gasteiger partial charge is 0.240 e. The molecule has 0 unspecified atom stereocenters. The van der Waals surface area contributed by atoms with Crippen LogP contribution in [0.2, 0.25) is 0 Å². The zero-order valence-corrected chi connectivity index (χ0v) is 14.7. The summed E-state index contributed by atoms with van der Waals surface area (Å²) in [4.78, 5) is 14.9. The fourth-order valence-corrected chi connectivity index (χ4v) is 4.13. The molecule has 1 aromatic rings. The van der Waals surface area contributed by atoms with Gasteiger partial charge in [-0.05, 0) is 43.4 Å². The number of aliphatic hydroxyl groups is 1. The van der Waals surface area contributed by atoms with Gasteiger partial charge in [0.1, 0.15) is 5.41 Å². The lowest BCUT2D eigenvalue weighted by atomic mass is 9.87. The van der Waals surface area contributed by atoms with E-state index in [9.17, 15) is 15.2 Å². The minimum absolute atomic E-state index is 0.128. The molecule has 0 radical (unpaired) electrons. The van der Waals surface area contributed by atoms with Crippen molar-refractivity contribution in [3.8, 4) is 6.07 Å². The second-order valence-corrected chi connectivity index (χ2v) is 7.30. The molecule has 2 aliphatic rings. The van der Waals surface area contributed by atoms with E-state index < -0.39 is 5.41 Å². The summed E-state index contributed by atoms with van der Waals surface area (Å²) >= 11 is 0. The first kappa shape index (κ1) is 17.9. The maximum Gasteiger partial charge on any atom is 0.240 e. The van der Waals surface area contributed by atoms with Gasteiger partial charge in [-0.1, -0.05) is 37.1 Å². The van der Waals surface area contributed by atoms with E-state index in [1.807, 2.05) is 18.2 Å². The molecule has 5 heteroatoms. The third kappa shape index (κ3) is 3.86. The molecule has 0 spiro atoms. The number of likely N-dealkylation sites (tertiary alicyclic amines) is 1. The Morgan fingerprint density at radius 2 is 2.00 bits per heavy atom. The average molecular weight is 341 g/mol. The van der Waals surface area contributed by atoms with Crippen molar-refractivity contribution in [2.24, 2.45) is 5.41 Å². The van der Waals surface area contributed by atoms with Crippen LogP contribution < -0.4 is 5.32 Å². The molecule has 3 rings (SSSR count). The predicted octanol–water partition coefficient (Wildman–Crippen LogP) is 2.34. The summed E-state index contributed by atoms with van der Waals surface area (Å²) in [6.45, 7) is 2.45. The number of amides is 1. The van der Waals surface area contributed by atoms with Crippen molar-refractivity contribution in [1.82, 2.24) is 10.2 Å². The van der Waals surface area contributed by atoms with Crippen molar-refractivity contribution < 1.29 is 9.90 Å². The summed E-state index contributed by atoms with van der Waals surface area (Å²) in [6, 6.07) is 10.6. The Bertz CT molecular complexity index is 647. The summed E-state index contributed by atoms with van der Waals surface area (Å²) in [5, 5.41) is 21.9. The van der Waals surface area contributed by atoms with Crippen LogP contribution >= 0.6 is 0 Å². The molecule has 0 bridgehead atoms. The SMILES string of the molecule is N#CC1(C(=O)NCc2ccccc2CN2CCC[C@@H]2CO)CCCC1. The number of carbonyl (C=O) groups is 1. The summed E-state index contributed by atoms with van der Waals surface area (Å²) in [6.07, 6.45) is 5.41. The lowest BCUT2D eigenvalue weighted by Crippen LogP contribution is -2.38. The zero-order valence-electron chi connectivity index (χ0n) is 14.7. The maximum atomic E-state index is 12.5. The van der Waals surface area contributed by atoms with Gasteiger partial charge >= 0.3 is 0 Å². The minimum atomic E-state index is -0.828. The van der Waals surface area contributed by atoms with Crippen LogP contribution in [0.25, 0.3) is 0 Å². The highest BCUT2D eigenvalue weighted by Gasteiger charge is 2.41. The molecule has 25 heavy (non-hydrogen) atoms. The fourth-order valence-electron chi connectivity index (χ4n) is 4.13. The highest BCUT2D eigenvalue weighted by Crippen LogP contribution is 2.37. The van der Waals surface area contributed by atoms with Crippen molar-refractivity contribution >= 4 is 5.91 Å². The van der Waals surface area contributed by atoms with Gasteiger partial charge in [-0.15, -0.1) is 0 Å². The van der Waals surface area contributed by atoms with E-state index in [2.05, 4.69) is 22.4 Å². The Labute approximate surface area is 149 Å². The second-order valence-electron chi connectivity index (χ2n) is 7.30. The molecule has 1 amide bonds. The molecule has 2 N–H and O–H groups in total. The molecular formula is C20H27N3O2. The van der Waals surface area contributed by atoms with E-state index in [4.69, 9.17) is 0 Å². The van der Waals surface area contributed by atoms with E-state index in [0.717, 1.165) is 44.3 Å². The summed E-state index contributed by atoms with van der Waals surface area (Å²) in [5.74, 6) is -0.128. The predicted molar refractivity (Wildman–Crippen MR) is 95.3 cm³/mol. The number of nitriles is 1. The maximum absolute atomic E-state index is 12.5. The Morgan fingerprint density at radius 1 is 1.28 bits per heavy atom. The highest BCUT2D eigenvalue weighted by atomic mass is 16.3. The van der Waals surface area contributed by atoms with Gasteiger partial charge in [-0.2, -0.15) is 5.26 Å². The first-order valence-corrected chi connectivity index (χ1v) is 9.30. The topological polar surface area (TPSA) is 76.4 Å². The van der Waals surface area contributed by atoms with Gasteiger partial charge in [-0.3, -0.25) is 9.69 Å². The largest absolute Gasteiger partial charge is 0.395 e. The van der Waals surface area contributed by atoms with Crippen LogP contribution in [-0.4, -0.2) is 35.1 Å². The van der Waals surface area contributed by atoms with Gasteiger partial charge in [0.05, 0.1) is 12.7 Å². The molecule has 0 aromatic heterocycles. The van der Waals surface area contributed by atoms with Crippen LogP contribution in [0.3, 0.4) is 0 Å². The van der Waals surface area contributed by atoms with Crippen LogP contribution in [0.1, 0.15) is 49.7 Å². The van der Waals surface area contributed by atoms with Crippen LogP contribution in [0.5, 0.6) is 0 Å². The lowest BCUT2D eigenvalue weighted by molar-refractivity contribution is -0.128. The molecule has 1 heterocycles. The van der Waals surface area contributed by atoms with Crippen LogP contribution in [0.4, 0.5) is 0 Å². The van der Waals surface area contributed by atoms with Crippen molar-refractivity contribution in [2.45, 2.75) is 57.7 Å². The molecule has 1 aliphatic carbocycles. The normalized spacial score (nSPS) is 22.6. The fraction of sp³-hybridized carbons (Fsp3) is 0.600. The minimum Gasteiger partial charge on any atom is -0.395 e. The molecule has 134 valence electrons. The molecule has 2 fully saturated rings. The zero-order chi connectivity index (χ0) is 17.7. The highest BCUT2D eigenvalue weighted by molar-refractivity contribution is 5.85. The number of rotatable bonds is 6. The van der Waals surface area contributed by atoms with E-state index in [-0.39, 0.29) is 18.6 Å². The molecule has 1 saturated heterocycles. The third-order valence-electron chi connectivity index (χ3n) is 5.75. The van der Waals surface area contributed by atoms with E-state index >= 15 is 0 Å². The molecule has 1 aliphatic heterocycles. The number of nitrogens with zero attached hydrogens (tertiary/aromatic N) is 2. The number of hydrogen-bond acceptors (Lipinski definition) is 4. The molecule has 1 saturated carbocycles. The quantitative estimate of drug-likeness (QED) is 0.833. The lowest BCUT2D eigenvalue weighted by Gasteiger charge is -2.24. The van der Waals surface area contributed by atoms with E-state index in [0.29, 0.717) is 19.4 Å². The number of aliphatic hydroxyl groups excluding tert-OH is 1. The standard InChI is InChI=1S/C20H27N3O2/c21-15-20(9-3-4-10-20)19(25)22-12-16-6-1-2-7-17(16)13-23-11-5-8-18(23)14-24/h1-2,6-7,18,24H,3-5,8-14H2,(H,22,25)/t18-/m1/s1. The summed E-state index contributed by atoms with van der Waals surface area (Å²) in [5.41, 5.74) is 1.44. The van der Waals surface area contributed by atoms with Crippen LogP contribution in [0.15, 0.2) is 24.3 Å². The van der Waals surface area contributed by atoms with Gasteiger partial charge in [0.25, 0.3) is 0 Å². The van der Waals surface area contributed by atoms with Gasteiger partial charge in [0.2, 0.25) is 5.91 Å². The van der Waals surface area contributed by atoms with Crippen molar-refractivity contribution in [3.05, 3.63) is 35.4 Å². The monoisotopic (exact) mass is 341 g/mol. The van der Waals surface area contributed by atoms with Crippen LogP contribution in [-0.2, 0) is 17.9 Å². The van der Waals surface area contributed by atoms with Crippen molar-refractivity contribution in [3.63, 3.8) is 0 Å². The van der Waals surface area contributed by atoms with Gasteiger partial charge in [0.15, 0.2) is 0 Å².